The van der Waals surface area contributed by atoms with Gasteiger partial charge in [-0.15, -0.1) is 0 Å². The fourth-order valence-electron chi connectivity index (χ4n) is 1.68. The predicted molar refractivity (Wildman–Crippen MR) is 66.3 cm³/mol. The fourth-order valence-corrected chi connectivity index (χ4v) is 1.68. The van der Waals surface area contributed by atoms with Gasteiger partial charge in [0.2, 0.25) is 5.82 Å². The number of benzene rings is 2. The summed E-state index contributed by atoms with van der Waals surface area (Å²) >= 11 is 0. The van der Waals surface area contributed by atoms with Gasteiger partial charge in [0.1, 0.15) is 0 Å². The Hall–Kier alpha value is -3.16. The van der Waals surface area contributed by atoms with Gasteiger partial charge in [-0.25, -0.2) is 0 Å². The second kappa shape index (κ2) is 4.75. The standard InChI is InChI=1S/C13H9FO7/c14-9-11(19)5(3-8(17)13(9)21)10(18)4-1-6(15)12(20)7(16)2-4/h1-3,15-17,19-21H. The Morgan fingerprint density at radius 1 is 0.762 bits per heavy atom. The van der Waals surface area contributed by atoms with Crippen molar-refractivity contribution in [1.82, 2.24) is 0 Å². The lowest BCUT2D eigenvalue weighted by molar-refractivity contribution is 0.103. The smallest absolute Gasteiger partial charge is 0.211 e. The molecule has 0 aliphatic rings. The lowest BCUT2D eigenvalue weighted by Crippen LogP contribution is -2.03. The van der Waals surface area contributed by atoms with Crippen molar-refractivity contribution in [2.24, 2.45) is 0 Å². The summed E-state index contributed by atoms with van der Waals surface area (Å²) in [5, 5.41) is 55.6. The quantitative estimate of drug-likeness (QED) is 0.279. The molecule has 21 heavy (non-hydrogen) atoms. The number of carbonyl (C=O) groups excluding carboxylic acids is 1. The molecule has 7 nitrogen and oxygen atoms in total. The van der Waals surface area contributed by atoms with Crippen LogP contribution < -0.4 is 0 Å². The molecule has 0 aromatic heterocycles. The van der Waals surface area contributed by atoms with E-state index in [9.17, 15) is 29.6 Å². The molecule has 0 atom stereocenters. The lowest BCUT2D eigenvalue weighted by Gasteiger charge is -2.09. The summed E-state index contributed by atoms with van der Waals surface area (Å²) in [6.45, 7) is 0. The number of aromatic hydroxyl groups is 6. The summed E-state index contributed by atoms with van der Waals surface area (Å²) in [4.78, 5) is 12.1. The third-order valence-corrected chi connectivity index (χ3v) is 2.77. The van der Waals surface area contributed by atoms with Crippen LogP contribution in [0.15, 0.2) is 18.2 Å². The molecule has 110 valence electrons. The van der Waals surface area contributed by atoms with Gasteiger partial charge in [-0.3, -0.25) is 4.79 Å². The van der Waals surface area contributed by atoms with Crippen molar-refractivity contribution in [3.05, 3.63) is 35.1 Å². The molecule has 0 fully saturated rings. The molecule has 2 aromatic carbocycles. The van der Waals surface area contributed by atoms with Crippen LogP contribution in [0, 0.1) is 5.82 Å². The van der Waals surface area contributed by atoms with Gasteiger partial charge in [0.25, 0.3) is 0 Å². The van der Waals surface area contributed by atoms with E-state index in [0.29, 0.717) is 6.07 Å². The SMILES string of the molecule is O=C(c1cc(O)c(O)c(O)c1)c1cc(O)c(O)c(F)c1O. The van der Waals surface area contributed by atoms with Crippen LogP contribution in [0.25, 0.3) is 0 Å². The van der Waals surface area contributed by atoms with E-state index in [1.165, 1.54) is 0 Å². The number of phenols is 6. The zero-order valence-electron chi connectivity index (χ0n) is 10.2. The zero-order chi connectivity index (χ0) is 15.9. The van der Waals surface area contributed by atoms with Crippen molar-refractivity contribution in [1.29, 1.82) is 0 Å². The summed E-state index contributed by atoms with van der Waals surface area (Å²) in [5.74, 6) is -8.51. The molecule has 6 N–H and O–H groups in total. The average molecular weight is 296 g/mol. The summed E-state index contributed by atoms with van der Waals surface area (Å²) in [6.07, 6.45) is 0. The van der Waals surface area contributed by atoms with Crippen LogP contribution in [0.5, 0.6) is 34.5 Å². The maximum atomic E-state index is 13.4. The number of rotatable bonds is 2. The third-order valence-electron chi connectivity index (χ3n) is 2.77. The van der Waals surface area contributed by atoms with E-state index >= 15 is 0 Å². The van der Waals surface area contributed by atoms with E-state index < -0.39 is 51.7 Å². The number of hydrogen-bond donors (Lipinski definition) is 6. The van der Waals surface area contributed by atoms with E-state index in [4.69, 9.17) is 10.2 Å². The summed E-state index contributed by atoms with van der Waals surface area (Å²) < 4.78 is 13.4. The lowest BCUT2D eigenvalue weighted by atomic mass is 10.0. The first-order chi connectivity index (χ1) is 9.73. The molecule has 0 aliphatic carbocycles. The molecule has 0 amide bonds. The predicted octanol–water partition coefficient (Wildman–Crippen LogP) is 1.29. The highest BCUT2D eigenvalue weighted by Gasteiger charge is 2.24. The molecular weight excluding hydrogens is 287 g/mol. The molecule has 8 heteroatoms. The monoisotopic (exact) mass is 296 g/mol. The molecule has 0 aliphatic heterocycles. The van der Waals surface area contributed by atoms with Crippen LogP contribution in [0.3, 0.4) is 0 Å². The topological polar surface area (TPSA) is 138 Å². The fraction of sp³-hybridized carbons (Fsp3) is 0. The summed E-state index contributed by atoms with van der Waals surface area (Å²) in [6, 6.07) is 2.17. The first kappa shape index (κ1) is 14.3. The van der Waals surface area contributed by atoms with E-state index in [1.807, 2.05) is 0 Å². The van der Waals surface area contributed by atoms with Crippen molar-refractivity contribution < 1.29 is 39.8 Å². The Labute approximate surface area is 116 Å². The molecule has 2 rings (SSSR count). The van der Waals surface area contributed by atoms with Crippen LogP contribution in [-0.4, -0.2) is 36.4 Å². The minimum atomic E-state index is -1.59. The van der Waals surface area contributed by atoms with E-state index in [-0.39, 0.29) is 5.56 Å². The molecule has 0 heterocycles. The van der Waals surface area contributed by atoms with Crippen molar-refractivity contribution in [3.63, 3.8) is 0 Å². The normalized spacial score (nSPS) is 10.5. The molecule has 0 spiro atoms. The molecule has 0 radical (unpaired) electrons. The molecule has 0 bridgehead atoms. The minimum Gasteiger partial charge on any atom is -0.504 e. The van der Waals surface area contributed by atoms with Gasteiger partial charge < -0.3 is 30.6 Å². The summed E-state index contributed by atoms with van der Waals surface area (Å²) in [5.41, 5.74) is -1.09. The second-order valence-electron chi connectivity index (χ2n) is 4.15. The van der Waals surface area contributed by atoms with Gasteiger partial charge in [0, 0.05) is 5.56 Å². The second-order valence-corrected chi connectivity index (χ2v) is 4.15. The zero-order valence-corrected chi connectivity index (χ0v) is 10.2. The van der Waals surface area contributed by atoms with Crippen molar-refractivity contribution in [2.45, 2.75) is 0 Å². The van der Waals surface area contributed by atoms with Crippen LogP contribution in [0.4, 0.5) is 4.39 Å². The molecular formula is C13H9FO7. The molecule has 2 aromatic rings. The minimum absolute atomic E-state index is 0.386. The van der Waals surface area contributed by atoms with Crippen LogP contribution >= 0.6 is 0 Å². The highest BCUT2D eigenvalue weighted by atomic mass is 19.1. The van der Waals surface area contributed by atoms with E-state index in [2.05, 4.69) is 0 Å². The van der Waals surface area contributed by atoms with E-state index in [0.717, 1.165) is 12.1 Å². The van der Waals surface area contributed by atoms with Crippen molar-refractivity contribution >= 4 is 5.78 Å². The van der Waals surface area contributed by atoms with Gasteiger partial charge >= 0.3 is 0 Å². The van der Waals surface area contributed by atoms with Gasteiger partial charge in [-0.2, -0.15) is 4.39 Å². The molecule has 0 saturated heterocycles. The Morgan fingerprint density at radius 2 is 1.24 bits per heavy atom. The molecule has 0 unspecified atom stereocenters. The van der Waals surface area contributed by atoms with Crippen molar-refractivity contribution in [2.75, 3.05) is 0 Å². The first-order valence-electron chi connectivity index (χ1n) is 5.47. The highest BCUT2D eigenvalue weighted by Crippen LogP contribution is 2.40. The van der Waals surface area contributed by atoms with Crippen molar-refractivity contribution in [3.8, 4) is 34.5 Å². The van der Waals surface area contributed by atoms with Gasteiger partial charge in [-0.1, -0.05) is 0 Å². The number of hydrogen-bond acceptors (Lipinski definition) is 7. The summed E-state index contributed by atoms with van der Waals surface area (Å²) in [7, 11) is 0. The Kier molecular flexibility index (Phi) is 3.22. The van der Waals surface area contributed by atoms with Gasteiger partial charge in [0.05, 0.1) is 5.56 Å². The maximum absolute atomic E-state index is 13.4. The van der Waals surface area contributed by atoms with Gasteiger partial charge in [0.15, 0.2) is 40.3 Å². The third kappa shape index (κ3) is 2.22. The van der Waals surface area contributed by atoms with Crippen LogP contribution in [0.1, 0.15) is 15.9 Å². The number of halogens is 1. The first-order valence-corrected chi connectivity index (χ1v) is 5.47. The van der Waals surface area contributed by atoms with Crippen LogP contribution in [-0.2, 0) is 0 Å². The molecule has 0 saturated carbocycles. The Morgan fingerprint density at radius 3 is 1.76 bits per heavy atom. The largest absolute Gasteiger partial charge is 0.504 e. The average Bonchev–Trinajstić information content (AvgIpc) is 2.45. The highest BCUT2D eigenvalue weighted by molar-refractivity contribution is 6.11. The number of ketones is 1. The van der Waals surface area contributed by atoms with Gasteiger partial charge in [-0.05, 0) is 18.2 Å². The number of carbonyl (C=O) groups is 1. The van der Waals surface area contributed by atoms with E-state index in [1.54, 1.807) is 0 Å². The van der Waals surface area contributed by atoms with Crippen LogP contribution in [0.2, 0.25) is 0 Å². The maximum Gasteiger partial charge on any atom is 0.211 e. The Bertz CT molecular complexity index is 732. The number of phenolic OH excluding ortho intramolecular Hbond substituents is 6. The Balaban J connectivity index is 2.61.